The zero-order valence-electron chi connectivity index (χ0n) is 21.7. The van der Waals surface area contributed by atoms with Gasteiger partial charge in [0.05, 0.1) is 23.8 Å². The Labute approximate surface area is 221 Å². The molecule has 1 aromatic heterocycles. The van der Waals surface area contributed by atoms with Gasteiger partial charge in [-0.2, -0.15) is 0 Å². The molecule has 0 aliphatic rings. The maximum absolute atomic E-state index is 13.8. The summed E-state index contributed by atoms with van der Waals surface area (Å²) in [6.45, 7) is 4.33. The number of hydrogen-bond acceptors (Lipinski definition) is 4. The molecular weight excluding hydrogens is 483 g/mol. The van der Waals surface area contributed by atoms with E-state index in [2.05, 4.69) is 0 Å². The Bertz CT molecular complexity index is 1480. The monoisotopic (exact) mass is 514 g/mol. The Morgan fingerprint density at radius 3 is 2.45 bits per heavy atom. The Kier molecular flexibility index (Phi) is 8.69. The van der Waals surface area contributed by atoms with Crippen LogP contribution in [-0.2, 0) is 17.9 Å². The van der Waals surface area contributed by atoms with Crippen LogP contribution in [-0.4, -0.2) is 34.7 Å². The van der Waals surface area contributed by atoms with Gasteiger partial charge in [-0.25, -0.2) is 4.39 Å². The molecule has 0 radical (unpaired) electrons. The van der Waals surface area contributed by atoms with E-state index in [-0.39, 0.29) is 36.5 Å². The summed E-state index contributed by atoms with van der Waals surface area (Å²) in [5.74, 6) is -1.24. The number of fused-ring (bicyclic) bond motifs is 1. The molecule has 0 fully saturated rings. The number of unbranched alkanes of at least 4 members (excludes halogenated alkanes) is 1. The fraction of sp³-hybridized carbons (Fsp3) is 0.258. The molecule has 1 heterocycles. The number of nitrogens with zero attached hydrogens (tertiary/aromatic N) is 2. The van der Waals surface area contributed by atoms with E-state index >= 15 is 0 Å². The molecule has 4 rings (SSSR count). The summed E-state index contributed by atoms with van der Waals surface area (Å²) in [5.41, 5.74) is 2.65. The number of amides is 2. The van der Waals surface area contributed by atoms with Crippen molar-refractivity contribution < 1.29 is 18.4 Å². The van der Waals surface area contributed by atoms with Crippen LogP contribution in [0.1, 0.15) is 46.8 Å². The van der Waals surface area contributed by atoms with E-state index in [9.17, 15) is 18.8 Å². The Balaban J connectivity index is 1.63. The summed E-state index contributed by atoms with van der Waals surface area (Å²) in [6.07, 6.45) is 2.92. The molecule has 0 aliphatic heterocycles. The highest BCUT2D eigenvalue weighted by atomic mass is 19.1. The lowest BCUT2D eigenvalue weighted by atomic mass is 10.1. The van der Waals surface area contributed by atoms with Crippen molar-refractivity contribution in [3.05, 3.63) is 117 Å². The summed E-state index contributed by atoms with van der Waals surface area (Å²) in [6, 6.07) is 20.3. The first-order valence-corrected chi connectivity index (χ1v) is 12.7. The van der Waals surface area contributed by atoms with Crippen LogP contribution in [0.4, 0.5) is 4.39 Å². The predicted molar refractivity (Wildman–Crippen MR) is 145 cm³/mol. The summed E-state index contributed by atoms with van der Waals surface area (Å²) in [5, 5.41) is 0.459. The van der Waals surface area contributed by atoms with Gasteiger partial charge in [0.15, 0.2) is 5.43 Å². The second kappa shape index (κ2) is 12.3. The molecule has 196 valence electrons. The molecule has 3 aromatic carbocycles. The van der Waals surface area contributed by atoms with Crippen LogP contribution < -0.4 is 5.43 Å². The molecule has 0 unspecified atom stereocenters. The van der Waals surface area contributed by atoms with Gasteiger partial charge in [-0.1, -0.05) is 61.4 Å². The third kappa shape index (κ3) is 6.54. The van der Waals surface area contributed by atoms with Crippen LogP contribution in [0.15, 0.2) is 88.3 Å². The van der Waals surface area contributed by atoms with Crippen LogP contribution in [0, 0.1) is 12.7 Å². The van der Waals surface area contributed by atoms with Crippen LogP contribution in [0.25, 0.3) is 11.0 Å². The van der Waals surface area contributed by atoms with Crippen molar-refractivity contribution in [2.75, 3.05) is 13.1 Å². The number of halogens is 1. The third-order valence-electron chi connectivity index (χ3n) is 6.40. The van der Waals surface area contributed by atoms with E-state index in [0.29, 0.717) is 29.5 Å². The largest absolute Gasteiger partial charge is 0.464 e. The summed E-state index contributed by atoms with van der Waals surface area (Å²) in [7, 11) is 0. The van der Waals surface area contributed by atoms with Crippen LogP contribution >= 0.6 is 0 Å². The van der Waals surface area contributed by atoms with Crippen molar-refractivity contribution in [1.29, 1.82) is 0 Å². The molecular formula is C31H31FN2O4. The van der Waals surface area contributed by atoms with Crippen molar-refractivity contribution in [3.8, 4) is 0 Å². The van der Waals surface area contributed by atoms with E-state index in [1.165, 1.54) is 29.4 Å². The molecule has 0 aliphatic carbocycles. The minimum absolute atomic E-state index is 0.0235. The summed E-state index contributed by atoms with van der Waals surface area (Å²) >= 11 is 0. The van der Waals surface area contributed by atoms with Gasteiger partial charge in [-0.15, -0.1) is 0 Å². The van der Waals surface area contributed by atoms with Crippen molar-refractivity contribution in [2.24, 2.45) is 0 Å². The van der Waals surface area contributed by atoms with Gasteiger partial charge >= 0.3 is 0 Å². The lowest BCUT2D eigenvalue weighted by molar-refractivity contribution is -0.133. The standard InChI is InChI=1S/C31H31FN2O4/c1-3-4-15-33(31(37)24-11-8-12-26(32)17-24)20-29(35)34(18-23-9-6-5-7-10-23)19-25-21-38-28-14-13-22(2)16-27(28)30(25)36/h5-14,16-17,21H,3-4,15,18-20H2,1-2H3. The lowest BCUT2D eigenvalue weighted by Gasteiger charge is -2.28. The molecule has 0 bridgehead atoms. The first kappa shape index (κ1) is 26.8. The second-order valence-corrected chi connectivity index (χ2v) is 9.42. The highest BCUT2D eigenvalue weighted by molar-refractivity contribution is 5.96. The Hall–Kier alpha value is -4.26. The number of carbonyl (C=O) groups excluding carboxylic acids is 2. The maximum Gasteiger partial charge on any atom is 0.254 e. The van der Waals surface area contributed by atoms with Crippen molar-refractivity contribution >= 4 is 22.8 Å². The van der Waals surface area contributed by atoms with Crippen molar-refractivity contribution in [1.82, 2.24) is 9.80 Å². The summed E-state index contributed by atoms with van der Waals surface area (Å²) in [4.78, 5) is 43.2. The van der Waals surface area contributed by atoms with Gasteiger partial charge in [-0.3, -0.25) is 14.4 Å². The Morgan fingerprint density at radius 2 is 1.71 bits per heavy atom. The van der Waals surface area contributed by atoms with Gasteiger partial charge in [0.2, 0.25) is 5.91 Å². The van der Waals surface area contributed by atoms with E-state index in [4.69, 9.17) is 4.42 Å². The normalized spacial score (nSPS) is 10.9. The lowest BCUT2D eigenvalue weighted by Crippen LogP contribution is -2.43. The van der Waals surface area contributed by atoms with Gasteiger partial charge in [-0.05, 0) is 49.2 Å². The highest BCUT2D eigenvalue weighted by Gasteiger charge is 2.24. The minimum Gasteiger partial charge on any atom is -0.464 e. The quantitative estimate of drug-likeness (QED) is 0.272. The first-order chi connectivity index (χ1) is 18.4. The third-order valence-corrected chi connectivity index (χ3v) is 6.40. The van der Waals surface area contributed by atoms with Crippen LogP contribution in [0.2, 0.25) is 0 Å². The number of rotatable bonds is 10. The minimum atomic E-state index is -0.512. The highest BCUT2D eigenvalue weighted by Crippen LogP contribution is 2.16. The van der Waals surface area contributed by atoms with Gasteiger partial charge in [0.1, 0.15) is 17.9 Å². The fourth-order valence-electron chi connectivity index (χ4n) is 4.30. The maximum atomic E-state index is 13.8. The molecule has 0 N–H and O–H groups in total. The van der Waals surface area contributed by atoms with Crippen molar-refractivity contribution in [2.45, 2.75) is 39.8 Å². The predicted octanol–water partition coefficient (Wildman–Crippen LogP) is 5.71. The van der Waals surface area contributed by atoms with Gasteiger partial charge < -0.3 is 14.2 Å². The molecule has 2 amide bonds. The molecule has 0 atom stereocenters. The Morgan fingerprint density at radius 1 is 0.921 bits per heavy atom. The molecule has 4 aromatic rings. The van der Waals surface area contributed by atoms with E-state index in [0.717, 1.165) is 17.5 Å². The van der Waals surface area contributed by atoms with Crippen molar-refractivity contribution in [3.63, 3.8) is 0 Å². The van der Waals surface area contributed by atoms with E-state index < -0.39 is 11.7 Å². The first-order valence-electron chi connectivity index (χ1n) is 12.7. The average molecular weight is 515 g/mol. The SMILES string of the molecule is CCCCN(CC(=O)N(Cc1ccccc1)Cc1coc2ccc(C)cc2c1=O)C(=O)c1cccc(F)c1. The molecule has 0 saturated heterocycles. The zero-order chi connectivity index (χ0) is 27.1. The molecule has 0 spiro atoms. The molecule has 0 saturated carbocycles. The number of carbonyl (C=O) groups is 2. The topological polar surface area (TPSA) is 70.8 Å². The van der Waals surface area contributed by atoms with Crippen LogP contribution in [0.5, 0.6) is 0 Å². The molecule has 7 heteroatoms. The molecule has 6 nitrogen and oxygen atoms in total. The van der Waals surface area contributed by atoms with Gasteiger partial charge in [0.25, 0.3) is 5.91 Å². The fourth-order valence-corrected chi connectivity index (χ4v) is 4.30. The smallest absolute Gasteiger partial charge is 0.254 e. The second-order valence-electron chi connectivity index (χ2n) is 9.42. The number of aryl methyl sites for hydroxylation is 1. The number of hydrogen-bond donors (Lipinski definition) is 0. The number of benzene rings is 3. The van der Waals surface area contributed by atoms with Crippen LogP contribution in [0.3, 0.4) is 0 Å². The van der Waals surface area contributed by atoms with Gasteiger partial charge in [0, 0.05) is 18.7 Å². The summed E-state index contributed by atoms with van der Waals surface area (Å²) < 4.78 is 19.5. The van der Waals surface area contributed by atoms with E-state index in [1.807, 2.05) is 50.2 Å². The molecule has 38 heavy (non-hydrogen) atoms. The average Bonchev–Trinajstić information content (AvgIpc) is 2.92. The van der Waals surface area contributed by atoms with E-state index in [1.54, 1.807) is 23.1 Å². The zero-order valence-corrected chi connectivity index (χ0v) is 21.7.